The van der Waals surface area contributed by atoms with Crippen LogP contribution in [0.2, 0.25) is 0 Å². The number of amides is 1. The van der Waals surface area contributed by atoms with Crippen LogP contribution in [-0.4, -0.2) is 65.9 Å². The fourth-order valence-corrected chi connectivity index (χ4v) is 3.47. The van der Waals surface area contributed by atoms with Gasteiger partial charge in [-0.25, -0.2) is 0 Å². The molecule has 2 aliphatic rings. The van der Waals surface area contributed by atoms with Crippen LogP contribution in [0.5, 0.6) is 0 Å². The number of carbonyl (C=O) groups is 1. The van der Waals surface area contributed by atoms with E-state index in [4.69, 9.17) is 9.68 Å². The summed E-state index contributed by atoms with van der Waals surface area (Å²) in [6, 6.07) is 4.16. The Hall–Kier alpha value is -1.84. The lowest BCUT2D eigenvalue weighted by Crippen LogP contribution is -2.66. The van der Waals surface area contributed by atoms with Gasteiger partial charge in [0.05, 0.1) is 25.1 Å². The molecule has 6 nitrogen and oxygen atoms in total. The van der Waals surface area contributed by atoms with Crippen molar-refractivity contribution in [3.63, 3.8) is 0 Å². The number of carbonyl (C=O) groups excluding carboxylic acids is 1. The second kappa shape index (κ2) is 5.51. The molecule has 0 aromatic carbocycles. The van der Waals surface area contributed by atoms with Gasteiger partial charge >= 0.3 is 0 Å². The first-order valence-corrected chi connectivity index (χ1v) is 7.27. The third-order valence-electron chi connectivity index (χ3n) is 4.63. The van der Waals surface area contributed by atoms with Gasteiger partial charge in [-0.05, 0) is 12.5 Å². The average Bonchev–Trinajstić information content (AvgIpc) is 3.12. The highest BCUT2D eigenvalue weighted by molar-refractivity contribution is 5.87. The molecule has 1 aromatic heterocycles. The third-order valence-corrected chi connectivity index (χ3v) is 4.63. The Morgan fingerprint density at radius 3 is 3.00 bits per heavy atom. The summed E-state index contributed by atoms with van der Waals surface area (Å²) in [4.78, 5) is 18.8. The summed E-state index contributed by atoms with van der Waals surface area (Å²) >= 11 is 0. The number of piperazine rings is 1. The van der Waals surface area contributed by atoms with Crippen LogP contribution < -0.4 is 0 Å². The Bertz CT molecular complexity index is 551. The SMILES string of the molecule is CN1CCN(CC#N)C2(CCN(Cc3ccoc3)C2)C1=O. The summed E-state index contributed by atoms with van der Waals surface area (Å²) in [6.07, 6.45) is 4.20. The minimum Gasteiger partial charge on any atom is -0.472 e. The monoisotopic (exact) mass is 288 g/mol. The molecule has 1 atom stereocenters. The molecule has 1 spiro atoms. The molecule has 0 N–H and O–H groups in total. The lowest BCUT2D eigenvalue weighted by atomic mass is 9.91. The van der Waals surface area contributed by atoms with Crippen molar-refractivity contribution < 1.29 is 9.21 Å². The van der Waals surface area contributed by atoms with E-state index < -0.39 is 5.54 Å². The van der Waals surface area contributed by atoms with Gasteiger partial charge in [0.2, 0.25) is 5.91 Å². The van der Waals surface area contributed by atoms with Crippen molar-refractivity contribution in [3.05, 3.63) is 24.2 Å². The van der Waals surface area contributed by atoms with E-state index >= 15 is 0 Å². The fourth-order valence-electron chi connectivity index (χ4n) is 3.47. The summed E-state index contributed by atoms with van der Waals surface area (Å²) < 4.78 is 5.10. The number of hydrogen-bond donors (Lipinski definition) is 0. The maximum atomic E-state index is 12.7. The molecule has 2 saturated heterocycles. The Kier molecular flexibility index (Phi) is 3.70. The van der Waals surface area contributed by atoms with Gasteiger partial charge < -0.3 is 9.32 Å². The van der Waals surface area contributed by atoms with Crippen LogP contribution in [0, 0.1) is 11.3 Å². The minimum absolute atomic E-state index is 0.152. The first-order chi connectivity index (χ1) is 10.2. The zero-order valence-corrected chi connectivity index (χ0v) is 12.3. The van der Waals surface area contributed by atoms with Crippen molar-refractivity contribution in [2.75, 3.05) is 39.8 Å². The van der Waals surface area contributed by atoms with Crippen LogP contribution in [0.3, 0.4) is 0 Å². The van der Waals surface area contributed by atoms with Crippen molar-refractivity contribution in [2.45, 2.75) is 18.5 Å². The number of furan rings is 1. The van der Waals surface area contributed by atoms with E-state index in [1.807, 2.05) is 13.1 Å². The largest absolute Gasteiger partial charge is 0.472 e. The van der Waals surface area contributed by atoms with Gasteiger partial charge in [-0.3, -0.25) is 14.6 Å². The van der Waals surface area contributed by atoms with Crippen molar-refractivity contribution in [1.29, 1.82) is 5.26 Å². The number of rotatable bonds is 3. The molecule has 3 heterocycles. The van der Waals surface area contributed by atoms with E-state index in [1.54, 1.807) is 17.4 Å². The average molecular weight is 288 g/mol. The maximum Gasteiger partial charge on any atom is 0.244 e. The summed E-state index contributed by atoms with van der Waals surface area (Å²) in [5.74, 6) is 0.152. The highest BCUT2D eigenvalue weighted by atomic mass is 16.3. The minimum atomic E-state index is -0.521. The molecule has 6 heteroatoms. The van der Waals surface area contributed by atoms with E-state index in [0.29, 0.717) is 19.6 Å². The first-order valence-electron chi connectivity index (χ1n) is 7.27. The molecule has 1 aromatic rings. The Labute approximate surface area is 124 Å². The highest BCUT2D eigenvalue weighted by Crippen LogP contribution is 2.33. The van der Waals surface area contributed by atoms with Crippen molar-refractivity contribution in [2.24, 2.45) is 0 Å². The van der Waals surface area contributed by atoms with Gasteiger partial charge in [-0.1, -0.05) is 0 Å². The summed E-state index contributed by atoms with van der Waals surface area (Å²) in [7, 11) is 1.85. The Balaban J connectivity index is 1.77. The van der Waals surface area contributed by atoms with Gasteiger partial charge in [0.1, 0.15) is 5.54 Å². The molecule has 3 rings (SSSR count). The van der Waals surface area contributed by atoms with E-state index in [1.165, 1.54) is 0 Å². The molecular formula is C15H20N4O2. The number of nitriles is 1. The summed E-state index contributed by atoms with van der Waals surface area (Å²) in [6.45, 7) is 4.13. The van der Waals surface area contributed by atoms with Crippen LogP contribution in [-0.2, 0) is 11.3 Å². The molecule has 1 unspecified atom stereocenters. The van der Waals surface area contributed by atoms with E-state index in [0.717, 1.165) is 31.6 Å². The van der Waals surface area contributed by atoms with E-state index in [2.05, 4.69) is 15.9 Å². The Morgan fingerprint density at radius 1 is 1.43 bits per heavy atom. The van der Waals surface area contributed by atoms with E-state index in [9.17, 15) is 4.79 Å². The fraction of sp³-hybridized carbons (Fsp3) is 0.600. The van der Waals surface area contributed by atoms with E-state index in [-0.39, 0.29) is 5.91 Å². The molecule has 2 aliphatic heterocycles. The second-order valence-corrected chi connectivity index (χ2v) is 5.93. The molecule has 0 saturated carbocycles. The molecule has 0 aliphatic carbocycles. The van der Waals surface area contributed by atoms with Gasteiger partial charge in [-0.15, -0.1) is 0 Å². The molecule has 112 valence electrons. The lowest BCUT2D eigenvalue weighted by Gasteiger charge is -2.45. The standard InChI is InChI=1S/C15H20N4O2/c1-17-7-8-19(6-4-16)15(14(17)20)3-5-18(12-15)10-13-2-9-21-11-13/h2,9,11H,3,5-8,10,12H2,1H3. The topological polar surface area (TPSA) is 63.7 Å². The van der Waals surface area contributed by atoms with Gasteiger partial charge in [0.15, 0.2) is 0 Å². The number of likely N-dealkylation sites (tertiary alicyclic amines) is 1. The molecule has 2 fully saturated rings. The Morgan fingerprint density at radius 2 is 2.29 bits per heavy atom. The summed E-state index contributed by atoms with van der Waals surface area (Å²) in [5.41, 5.74) is 0.599. The third kappa shape index (κ3) is 2.43. The molecule has 0 bridgehead atoms. The smallest absolute Gasteiger partial charge is 0.244 e. The van der Waals surface area contributed by atoms with Crippen LogP contribution in [0.4, 0.5) is 0 Å². The zero-order chi connectivity index (χ0) is 14.9. The maximum absolute atomic E-state index is 12.7. The second-order valence-electron chi connectivity index (χ2n) is 5.93. The molecular weight excluding hydrogens is 268 g/mol. The van der Waals surface area contributed by atoms with Crippen LogP contribution in [0.1, 0.15) is 12.0 Å². The van der Waals surface area contributed by atoms with Crippen LogP contribution in [0.15, 0.2) is 23.0 Å². The van der Waals surface area contributed by atoms with Gasteiger partial charge in [-0.2, -0.15) is 5.26 Å². The highest BCUT2D eigenvalue weighted by Gasteiger charge is 2.52. The van der Waals surface area contributed by atoms with Gasteiger partial charge in [0.25, 0.3) is 0 Å². The molecule has 1 amide bonds. The molecule has 0 radical (unpaired) electrons. The normalized spacial score (nSPS) is 27.4. The first kappa shape index (κ1) is 14.1. The lowest BCUT2D eigenvalue weighted by molar-refractivity contribution is -0.148. The van der Waals surface area contributed by atoms with Gasteiger partial charge in [0, 0.05) is 45.3 Å². The van der Waals surface area contributed by atoms with Crippen LogP contribution >= 0.6 is 0 Å². The van der Waals surface area contributed by atoms with Crippen molar-refractivity contribution in [1.82, 2.24) is 14.7 Å². The number of nitrogens with zero attached hydrogens (tertiary/aromatic N) is 4. The van der Waals surface area contributed by atoms with Crippen LogP contribution in [0.25, 0.3) is 0 Å². The van der Waals surface area contributed by atoms with Crippen molar-refractivity contribution >= 4 is 5.91 Å². The molecule has 21 heavy (non-hydrogen) atoms. The summed E-state index contributed by atoms with van der Waals surface area (Å²) in [5, 5.41) is 9.05. The predicted octanol–water partition coefficient (Wildman–Crippen LogP) is 0.522. The zero-order valence-electron chi connectivity index (χ0n) is 12.3. The van der Waals surface area contributed by atoms with Crippen molar-refractivity contribution in [3.8, 4) is 6.07 Å². The number of likely N-dealkylation sites (N-methyl/N-ethyl adjacent to an activating group) is 1. The quantitative estimate of drug-likeness (QED) is 0.759. The predicted molar refractivity (Wildman–Crippen MR) is 76.2 cm³/mol. The number of hydrogen-bond acceptors (Lipinski definition) is 5.